The molecule has 8 nitrogen and oxygen atoms in total. The number of aryl methyl sites for hydroxylation is 1. The predicted octanol–water partition coefficient (Wildman–Crippen LogP) is 4.33. The van der Waals surface area contributed by atoms with Crippen molar-refractivity contribution in [3.8, 4) is 23.0 Å². The monoisotopic (exact) mass is 457 g/mol. The number of hydrogen-bond donors (Lipinski definition) is 0. The first kappa shape index (κ1) is 22.4. The highest BCUT2D eigenvalue weighted by molar-refractivity contribution is 7.99. The highest BCUT2D eigenvalue weighted by Gasteiger charge is 2.22. The fraction of sp³-hybridized carbons (Fsp3) is 0.435. The van der Waals surface area contributed by atoms with E-state index in [0.717, 1.165) is 42.9 Å². The first-order chi connectivity index (χ1) is 15.5. The van der Waals surface area contributed by atoms with E-state index in [4.69, 9.17) is 18.6 Å². The summed E-state index contributed by atoms with van der Waals surface area (Å²) >= 11 is 1.23. The van der Waals surface area contributed by atoms with Crippen LogP contribution in [-0.4, -0.2) is 53.2 Å². The predicted molar refractivity (Wildman–Crippen MR) is 121 cm³/mol. The molecule has 0 amide bonds. The van der Waals surface area contributed by atoms with Gasteiger partial charge in [0, 0.05) is 35.7 Å². The minimum absolute atomic E-state index is 0.0348. The van der Waals surface area contributed by atoms with Crippen molar-refractivity contribution in [3.63, 3.8) is 0 Å². The zero-order chi connectivity index (χ0) is 22.7. The summed E-state index contributed by atoms with van der Waals surface area (Å²) < 4.78 is 24.3. The molecule has 0 N–H and O–H groups in total. The fourth-order valence-electron chi connectivity index (χ4n) is 3.92. The van der Waals surface area contributed by atoms with Crippen molar-refractivity contribution in [2.75, 3.05) is 26.6 Å². The van der Waals surface area contributed by atoms with E-state index in [1.165, 1.54) is 11.8 Å². The van der Waals surface area contributed by atoms with Gasteiger partial charge in [-0.3, -0.25) is 4.79 Å². The molecule has 1 atom stereocenters. The van der Waals surface area contributed by atoms with E-state index in [1.54, 1.807) is 26.4 Å². The van der Waals surface area contributed by atoms with E-state index in [9.17, 15) is 4.79 Å². The lowest BCUT2D eigenvalue weighted by Crippen LogP contribution is -2.17. The maximum atomic E-state index is 12.9. The van der Waals surface area contributed by atoms with Crippen LogP contribution in [0, 0.1) is 13.8 Å². The van der Waals surface area contributed by atoms with E-state index >= 15 is 0 Å². The minimum atomic E-state index is 0.0348. The van der Waals surface area contributed by atoms with E-state index in [1.807, 2.05) is 26.0 Å². The topological polar surface area (TPSA) is 88.6 Å². The lowest BCUT2D eigenvalue weighted by molar-refractivity contribution is 0.0957. The molecule has 0 saturated carbocycles. The lowest BCUT2D eigenvalue weighted by Gasteiger charge is -2.14. The summed E-state index contributed by atoms with van der Waals surface area (Å²) in [5, 5.41) is 8.51. The smallest absolute Gasteiger partial charge is 0.277 e. The third kappa shape index (κ3) is 4.68. The van der Waals surface area contributed by atoms with Crippen molar-refractivity contribution in [1.82, 2.24) is 14.8 Å². The number of nitrogens with zero attached hydrogens (tertiary/aromatic N) is 3. The number of ether oxygens (including phenoxy) is 3. The third-order valence-corrected chi connectivity index (χ3v) is 6.47. The van der Waals surface area contributed by atoms with Crippen molar-refractivity contribution in [2.45, 2.75) is 44.6 Å². The van der Waals surface area contributed by atoms with Gasteiger partial charge < -0.3 is 23.2 Å². The zero-order valence-electron chi connectivity index (χ0n) is 18.7. The Bertz CT molecular complexity index is 1100. The normalized spacial score (nSPS) is 15.8. The molecule has 2 aromatic heterocycles. The quantitative estimate of drug-likeness (QED) is 0.347. The number of aromatic nitrogens is 3. The van der Waals surface area contributed by atoms with Gasteiger partial charge in [0.25, 0.3) is 5.22 Å². The van der Waals surface area contributed by atoms with Crippen LogP contribution in [0.4, 0.5) is 0 Å². The van der Waals surface area contributed by atoms with Crippen molar-refractivity contribution >= 4 is 17.5 Å². The van der Waals surface area contributed by atoms with Crippen LogP contribution in [0.2, 0.25) is 0 Å². The second-order valence-electron chi connectivity index (χ2n) is 7.69. The Morgan fingerprint density at radius 2 is 2.00 bits per heavy atom. The Hall–Kier alpha value is -2.78. The summed E-state index contributed by atoms with van der Waals surface area (Å²) in [7, 11) is 3.15. The van der Waals surface area contributed by atoms with E-state index < -0.39 is 0 Å². The van der Waals surface area contributed by atoms with Crippen molar-refractivity contribution in [3.05, 3.63) is 41.2 Å². The summed E-state index contributed by atoms with van der Waals surface area (Å²) in [5.41, 5.74) is 3.48. The second-order valence-corrected chi connectivity index (χ2v) is 8.61. The van der Waals surface area contributed by atoms with Crippen molar-refractivity contribution in [2.24, 2.45) is 0 Å². The molecule has 0 aliphatic carbocycles. The number of ketones is 1. The highest BCUT2D eigenvalue weighted by Crippen LogP contribution is 2.33. The molecule has 1 aliphatic rings. The number of hydrogen-bond acceptors (Lipinski definition) is 8. The Labute approximate surface area is 191 Å². The fourth-order valence-corrected chi connectivity index (χ4v) is 4.56. The van der Waals surface area contributed by atoms with Crippen LogP contribution in [0.25, 0.3) is 11.5 Å². The molecule has 4 rings (SSSR count). The molecule has 0 spiro atoms. The maximum absolute atomic E-state index is 12.9. The van der Waals surface area contributed by atoms with Gasteiger partial charge in [0.15, 0.2) is 17.3 Å². The molecule has 1 saturated heterocycles. The average molecular weight is 458 g/mol. The van der Waals surface area contributed by atoms with Crippen molar-refractivity contribution in [1.29, 1.82) is 0 Å². The van der Waals surface area contributed by atoms with E-state index in [0.29, 0.717) is 28.2 Å². The van der Waals surface area contributed by atoms with Crippen LogP contribution in [-0.2, 0) is 11.3 Å². The molecule has 9 heteroatoms. The van der Waals surface area contributed by atoms with Crippen LogP contribution in [0.1, 0.15) is 34.6 Å². The summed E-state index contributed by atoms with van der Waals surface area (Å²) in [6, 6.07) is 7.32. The Morgan fingerprint density at radius 1 is 1.19 bits per heavy atom. The number of carbonyl (C=O) groups excluding carboxylic acids is 1. The van der Waals surface area contributed by atoms with Crippen LogP contribution in [0.3, 0.4) is 0 Å². The van der Waals surface area contributed by atoms with Gasteiger partial charge in [-0.05, 0) is 51.0 Å². The second kappa shape index (κ2) is 9.79. The number of carbonyl (C=O) groups is 1. The van der Waals surface area contributed by atoms with Gasteiger partial charge in [-0.1, -0.05) is 11.8 Å². The molecule has 1 aliphatic heterocycles. The summed E-state index contributed by atoms with van der Waals surface area (Å²) in [5.74, 6) is 1.81. The lowest BCUT2D eigenvalue weighted by atomic mass is 10.2. The van der Waals surface area contributed by atoms with Crippen LogP contribution in [0.15, 0.2) is 33.9 Å². The summed E-state index contributed by atoms with van der Waals surface area (Å²) in [6.45, 7) is 5.62. The van der Waals surface area contributed by atoms with E-state index in [2.05, 4.69) is 14.8 Å². The third-order valence-electron chi connectivity index (χ3n) is 5.65. The molecule has 170 valence electrons. The largest absolute Gasteiger partial charge is 0.493 e. The Kier molecular flexibility index (Phi) is 6.86. The van der Waals surface area contributed by atoms with Gasteiger partial charge >= 0.3 is 0 Å². The molecule has 1 aromatic carbocycles. The Morgan fingerprint density at radius 3 is 2.72 bits per heavy atom. The van der Waals surface area contributed by atoms with Crippen LogP contribution in [0.5, 0.6) is 11.5 Å². The first-order valence-electron chi connectivity index (χ1n) is 10.5. The average Bonchev–Trinajstić information content (AvgIpc) is 3.55. The van der Waals surface area contributed by atoms with Crippen LogP contribution >= 0.6 is 11.8 Å². The number of thioether (sulfide) groups is 1. The molecule has 32 heavy (non-hydrogen) atoms. The molecule has 0 unspecified atom stereocenters. The van der Waals surface area contributed by atoms with Gasteiger partial charge in [-0.15, -0.1) is 10.2 Å². The summed E-state index contributed by atoms with van der Waals surface area (Å²) in [4.78, 5) is 12.9. The number of rotatable bonds is 9. The van der Waals surface area contributed by atoms with E-state index in [-0.39, 0.29) is 17.6 Å². The van der Waals surface area contributed by atoms with Gasteiger partial charge in [-0.2, -0.15) is 0 Å². The first-order valence-corrected chi connectivity index (χ1v) is 11.5. The molecular weight excluding hydrogens is 430 g/mol. The number of benzene rings is 1. The molecular formula is C23H27N3O5S. The maximum Gasteiger partial charge on any atom is 0.277 e. The zero-order valence-corrected chi connectivity index (χ0v) is 19.5. The van der Waals surface area contributed by atoms with Crippen LogP contribution < -0.4 is 9.47 Å². The molecule has 3 heterocycles. The van der Waals surface area contributed by atoms with Gasteiger partial charge in [0.2, 0.25) is 5.89 Å². The number of Topliss-reactive ketones (excluding diaryl/α,β-unsaturated/α-hetero) is 1. The molecule has 0 radical (unpaired) electrons. The molecule has 0 bridgehead atoms. The minimum Gasteiger partial charge on any atom is -0.493 e. The highest BCUT2D eigenvalue weighted by atomic mass is 32.2. The van der Waals surface area contributed by atoms with Gasteiger partial charge in [-0.25, -0.2) is 0 Å². The Balaban J connectivity index is 1.41. The SMILES string of the molecule is COc1ccc(-c2nnc(SCC(=O)c3cc(C)n(C[C@@H]4CCCO4)c3C)o2)cc1OC. The van der Waals surface area contributed by atoms with Gasteiger partial charge in [0.1, 0.15) is 0 Å². The summed E-state index contributed by atoms with van der Waals surface area (Å²) in [6.07, 6.45) is 2.39. The number of methoxy groups -OCH3 is 2. The standard InChI is InChI=1S/C23H27N3O5S/c1-14-10-18(15(2)26(14)12-17-6-5-9-30-17)19(27)13-32-23-25-24-22(31-23)16-7-8-20(28-3)21(11-16)29-4/h7-8,10-11,17H,5-6,9,12-13H2,1-4H3/t17-/m0/s1. The van der Waals surface area contributed by atoms with Crippen molar-refractivity contribution < 1.29 is 23.4 Å². The molecule has 3 aromatic rings. The molecule has 1 fully saturated rings. The van der Waals surface area contributed by atoms with Gasteiger partial charge in [0.05, 0.1) is 26.1 Å².